The molecule has 0 aliphatic carbocycles. The summed E-state index contributed by atoms with van der Waals surface area (Å²) in [5.74, 6) is 0.759. The number of nitrogens with zero attached hydrogens (tertiary/aromatic N) is 3. The number of aromatic hydroxyl groups is 1. The van der Waals surface area contributed by atoms with Crippen molar-refractivity contribution < 1.29 is 5.11 Å². The van der Waals surface area contributed by atoms with E-state index < -0.39 is 0 Å². The lowest BCUT2D eigenvalue weighted by molar-refractivity contribution is 0.473. The predicted molar refractivity (Wildman–Crippen MR) is 184 cm³/mol. The van der Waals surface area contributed by atoms with Crippen LogP contribution in [0.4, 0.5) is 0 Å². The highest BCUT2D eigenvalue weighted by atomic mass is 35.5. The molecule has 0 amide bonds. The molecular weight excluding hydrogens is 585 g/mol. The lowest BCUT2D eigenvalue weighted by atomic mass is 9.85. The Morgan fingerprint density at radius 3 is 1.75 bits per heavy atom. The third-order valence-corrected chi connectivity index (χ3v) is 9.03. The Bertz CT molecular complexity index is 2170. The number of fused-ring (bicyclic) bond motifs is 3. The molecule has 7 aromatic rings. The summed E-state index contributed by atoms with van der Waals surface area (Å²) in [4.78, 5) is 5.21. The Balaban J connectivity index is 1.58. The van der Waals surface area contributed by atoms with Crippen LogP contribution in [0.5, 0.6) is 5.75 Å². The first-order valence-corrected chi connectivity index (χ1v) is 15.3. The monoisotopic (exact) mass is 615 g/mol. The fourth-order valence-electron chi connectivity index (χ4n) is 6.12. The highest BCUT2D eigenvalue weighted by molar-refractivity contribution is 6.34. The molecule has 6 heteroatoms. The Kier molecular flexibility index (Phi) is 6.80. The van der Waals surface area contributed by atoms with Gasteiger partial charge in [-0.25, -0.2) is 4.98 Å². The lowest BCUT2D eigenvalue weighted by Crippen LogP contribution is -2.13. The van der Waals surface area contributed by atoms with E-state index in [1.54, 1.807) is 0 Å². The van der Waals surface area contributed by atoms with Crippen LogP contribution in [0, 0.1) is 0 Å². The van der Waals surface area contributed by atoms with Crippen LogP contribution in [-0.2, 0) is 12.5 Å². The van der Waals surface area contributed by atoms with Crippen molar-refractivity contribution in [3.8, 4) is 45.3 Å². The van der Waals surface area contributed by atoms with Crippen LogP contribution in [0.25, 0.3) is 61.4 Å². The molecule has 44 heavy (non-hydrogen) atoms. The summed E-state index contributed by atoms with van der Waals surface area (Å²) in [6, 6.07) is 36.2. The maximum absolute atomic E-state index is 12.3. The van der Waals surface area contributed by atoms with Crippen LogP contribution >= 0.6 is 23.2 Å². The maximum atomic E-state index is 12.3. The summed E-state index contributed by atoms with van der Waals surface area (Å²) in [6.07, 6.45) is 0. The Morgan fingerprint density at radius 1 is 0.659 bits per heavy atom. The van der Waals surface area contributed by atoms with Crippen molar-refractivity contribution in [2.45, 2.75) is 26.2 Å². The summed E-state index contributed by atoms with van der Waals surface area (Å²) in [5.41, 5.74) is 7.37. The number of benzene rings is 5. The van der Waals surface area contributed by atoms with Crippen molar-refractivity contribution in [2.75, 3.05) is 0 Å². The van der Waals surface area contributed by atoms with Gasteiger partial charge in [-0.1, -0.05) is 117 Å². The number of aromatic nitrogens is 3. The molecule has 0 saturated carbocycles. The van der Waals surface area contributed by atoms with Gasteiger partial charge in [0.05, 0.1) is 38.7 Å². The molecule has 2 aromatic heterocycles. The highest BCUT2D eigenvalue weighted by Gasteiger charge is 2.27. The molecule has 0 fully saturated rings. The van der Waals surface area contributed by atoms with Crippen molar-refractivity contribution in [1.82, 2.24) is 14.1 Å². The summed E-state index contributed by atoms with van der Waals surface area (Å²) in [6.45, 7) is 6.55. The SMILES string of the molecule is Cn1c(-c2cc(C(C)(C)C)cc(-n3c4ccccc4c4ccccc43)c2O)nc(-c2ccccc2Cl)c1-c1ccccc1Cl. The van der Waals surface area contributed by atoms with Crippen molar-refractivity contribution in [2.24, 2.45) is 7.05 Å². The van der Waals surface area contributed by atoms with E-state index in [1.807, 2.05) is 72.3 Å². The third kappa shape index (κ3) is 4.49. The number of phenolic OH excluding ortho intramolecular Hbond substituents is 1. The zero-order valence-corrected chi connectivity index (χ0v) is 26.4. The number of hydrogen-bond donors (Lipinski definition) is 1. The number of phenols is 1. The van der Waals surface area contributed by atoms with Crippen molar-refractivity contribution in [3.05, 3.63) is 125 Å². The van der Waals surface area contributed by atoms with Gasteiger partial charge >= 0.3 is 0 Å². The van der Waals surface area contributed by atoms with E-state index in [0.717, 1.165) is 44.2 Å². The van der Waals surface area contributed by atoms with Gasteiger partial charge in [-0.3, -0.25) is 0 Å². The summed E-state index contributed by atoms with van der Waals surface area (Å²) >= 11 is 13.5. The van der Waals surface area contributed by atoms with Gasteiger partial charge in [-0.2, -0.15) is 0 Å². The first-order valence-electron chi connectivity index (χ1n) is 14.6. The van der Waals surface area contributed by atoms with E-state index in [0.29, 0.717) is 32.8 Å². The minimum Gasteiger partial charge on any atom is -0.505 e. The van der Waals surface area contributed by atoms with Gasteiger partial charge in [0.25, 0.3) is 0 Å². The van der Waals surface area contributed by atoms with E-state index in [-0.39, 0.29) is 11.2 Å². The summed E-state index contributed by atoms with van der Waals surface area (Å²) < 4.78 is 4.17. The quantitative estimate of drug-likeness (QED) is 0.214. The first-order chi connectivity index (χ1) is 21.1. The molecule has 0 radical (unpaired) electrons. The number of imidazole rings is 1. The fourth-order valence-corrected chi connectivity index (χ4v) is 6.57. The van der Waals surface area contributed by atoms with Crippen LogP contribution in [0.2, 0.25) is 10.0 Å². The smallest absolute Gasteiger partial charge is 0.150 e. The van der Waals surface area contributed by atoms with Gasteiger partial charge in [0.1, 0.15) is 5.82 Å². The molecule has 218 valence electrons. The van der Waals surface area contributed by atoms with Gasteiger partial charge in [0, 0.05) is 34.0 Å². The highest BCUT2D eigenvalue weighted by Crippen LogP contribution is 2.46. The molecule has 0 saturated heterocycles. The molecular formula is C38H31Cl2N3O. The van der Waals surface area contributed by atoms with Crippen LogP contribution in [0.15, 0.2) is 109 Å². The largest absolute Gasteiger partial charge is 0.505 e. The summed E-state index contributed by atoms with van der Waals surface area (Å²) in [7, 11) is 1.96. The van der Waals surface area contributed by atoms with Crippen molar-refractivity contribution in [1.29, 1.82) is 0 Å². The second-order valence-electron chi connectivity index (χ2n) is 12.2. The summed E-state index contributed by atoms with van der Waals surface area (Å²) in [5, 5.41) is 15.7. The van der Waals surface area contributed by atoms with E-state index in [2.05, 4.69) is 73.9 Å². The van der Waals surface area contributed by atoms with Crippen LogP contribution < -0.4 is 0 Å². The molecule has 5 aromatic carbocycles. The van der Waals surface area contributed by atoms with E-state index >= 15 is 0 Å². The number of halogens is 2. The van der Waals surface area contributed by atoms with E-state index in [4.69, 9.17) is 28.2 Å². The fraction of sp³-hybridized carbons (Fsp3) is 0.132. The Labute approximate surface area is 266 Å². The van der Waals surface area contributed by atoms with Gasteiger partial charge in [-0.05, 0) is 47.4 Å². The molecule has 4 nitrogen and oxygen atoms in total. The van der Waals surface area contributed by atoms with Gasteiger partial charge in [0.15, 0.2) is 5.75 Å². The average Bonchev–Trinajstić information content (AvgIpc) is 3.52. The molecule has 0 atom stereocenters. The number of hydrogen-bond acceptors (Lipinski definition) is 2. The standard InChI is InChI=1S/C38H31Cl2N3O/c1-38(2,3)23-21-28(36(44)33(22-23)43-31-19-11-7-13-24(31)25-14-8-12-20-32(25)43)37-41-34(26-15-5-9-17-29(26)39)35(42(37)4)27-16-6-10-18-30(27)40/h5-22,44H,1-4H3. The van der Waals surface area contributed by atoms with Crippen LogP contribution in [-0.4, -0.2) is 19.2 Å². The van der Waals surface area contributed by atoms with Gasteiger partial charge in [-0.15, -0.1) is 0 Å². The second kappa shape index (κ2) is 10.6. The van der Waals surface area contributed by atoms with Crippen molar-refractivity contribution >= 4 is 45.0 Å². The first kappa shape index (κ1) is 28.3. The average molecular weight is 617 g/mol. The van der Waals surface area contributed by atoms with Crippen LogP contribution in [0.1, 0.15) is 26.3 Å². The molecule has 0 aliphatic rings. The molecule has 0 spiro atoms. The van der Waals surface area contributed by atoms with Gasteiger partial charge in [0.2, 0.25) is 0 Å². The Morgan fingerprint density at radius 2 is 1.18 bits per heavy atom. The predicted octanol–water partition coefficient (Wildman–Crippen LogP) is 10.8. The second-order valence-corrected chi connectivity index (χ2v) is 13.0. The maximum Gasteiger partial charge on any atom is 0.150 e. The van der Waals surface area contributed by atoms with Crippen molar-refractivity contribution in [3.63, 3.8) is 0 Å². The zero-order chi connectivity index (χ0) is 30.7. The topological polar surface area (TPSA) is 43.0 Å². The lowest BCUT2D eigenvalue weighted by Gasteiger charge is -2.23. The molecule has 2 heterocycles. The third-order valence-electron chi connectivity index (χ3n) is 8.37. The zero-order valence-electron chi connectivity index (χ0n) is 24.9. The van der Waals surface area contributed by atoms with E-state index in [9.17, 15) is 5.11 Å². The normalized spacial score (nSPS) is 12.0. The molecule has 7 rings (SSSR count). The van der Waals surface area contributed by atoms with Gasteiger partial charge < -0.3 is 14.2 Å². The van der Waals surface area contributed by atoms with E-state index in [1.165, 1.54) is 0 Å². The molecule has 0 aliphatic heterocycles. The number of para-hydroxylation sites is 2. The minimum atomic E-state index is -0.210. The Hall–Kier alpha value is -4.51. The minimum absolute atomic E-state index is 0.147. The molecule has 0 bridgehead atoms. The molecule has 1 N–H and O–H groups in total. The molecule has 0 unspecified atom stereocenters. The van der Waals surface area contributed by atoms with Crippen LogP contribution in [0.3, 0.4) is 0 Å². The number of rotatable bonds is 4.